The van der Waals surface area contributed by atoms with Gasteiger partial charge in [-0.05, 0) is 37.7 Å². The second-order valence-corrected chi connectivity index (χ2v) is 6.74. The first-order valence-electron chi connectivity index (χ1n) is 7.03. The van der Waals surface area contributed by atoms with Crippen molar-refractivity contribution in [2.45, 2.75) is 13.8 Å². The highest BCUT2D eigenvalue weighted by Gasteiger charge is 2.26. The van der Waals surface area contributed by atoms with E-state index in [0.717, 1.165) is 19.6 Å². The Morgan fingerprint density at radius 2 is 1.71 bits per heavy atom. The first-order chi connectivity index (χ1) is 9.92. The minimum Gasteiger partial charge on any atom is -0.301 e. The number of carbonyl (C=O) groups is 1. The molecule has 21 heavy (non-hydrogen) atoms. The van der Waals surface area contributed by atoms with Crippen LogP contribution in [0.4, 0.5) is 5.69 Å². The lowest BCUT2D eigenvalue weighted by Gasteiger charge is -2.33. The molecule has 0 spiro atoms. The lowest BCUT2D eigenvalue weighted by atomic mass is 10.1. The highest BCUT2D eigenvalue weighted by atomic mass is 32.2. The van der Waals surface area contributed by atoms with Gasteiger partial charge in [-0.2, -0.15) is 12.7 Å². The van der Waals surface area contributed by atoms with Gasteiger partial charge in [0.2, 0.25) is 0 Å². The van der Waals surface area contributed by atoms with Crippen LogP contribution in [0.5, 0.6) is 0 Å². The number of rotatable bonds is 5. The van der Waals surface area contributed by atoms with E-state index in [-0.39, 0.29) is 5.78 Å². The molecular weight excluding hydrogens is 290 g/mol. The molecule has 6 nitrogen and oxygen atoms in total. The summed E-state index contributed by atoms with van der Waals surface area (Å²) in [5.74, 6) is -0.0416. The number of Topliss-reactive ketones (excluding diaryl/α,β-unsaturated/α-hetero) is 1. The van der Waals surface area contributed by atoms with Gasteiger partial charge in [-0.15, -0.1) is 0 Å². The van der Waals surface area contributed by atoms with E-state index in [4.69, 9.17) is 0 Å². The van der Waals surface area contributed by atoms with E-state index >= 15 is 0 Å². The van der Waals surface area contributed by atoms with Crippen LogP contribution in [-0.4, -0.2) is 56.1 Å². The summed E-state index contributed by atoms with van der Waals surface area (Å²) in [5, 5.41) is 0. The summed E-state index contributed by atoms with van der Waals surface area (Å²) in [6.45, 7) is 6.98. The predicted octanol–water partition coefficient (Wildman–Crippen LogP) is 1.18. The van der Waals surface area contributed by atoms with Gasteiger partial charge < -0.3 is 4.90 Å². The molecule has 1 fully saturated rings. The number of nitrogens with zero attached hydrogens (tertiary/aromatic N) is 2. The van der Waals surface area contributed by atoms with Crippen LogP contribution >= 0.6 is 0 Å². The number of ketones is 1. The molecule has 7 heteroatoms. The molecule has 1 saturated heterocycles. The van der Waals surface area contributed by atoms with Gasteiger partial charge in [0.1, 0.15) is 0 Å². The lowest BCUT2D eigenvalue weighted by molar-refractivity contribution is 0.101. The van der Waals surface area contributed by atoms with Crippen LogP contribution in [0, 0.1) is 0 Å². The number of piperazine rings is 1. The van der Waals surface area contributed by atoms with Crippen LogP contribution in [-0.2, 0) is 10.2 Å². The fourth-order valence-electron chi connectivity index (χ4n) is 2.27. The molecule has 1 aliphatic heterocycles. The van der Waals surface area contributed by atoms with Gasteiger partial charge in [-0.1, -0.05) is 6.92 Å². The number of benzene rings is 1. The molecule has 0 aliphatic carbocycles. The Morgan fingerprint density at radius 3 is 2.19 bits per heavy atom. The molecule has 0 atom stereocenters. The molecule has 0 unspecified atom stereocenters. The Bertz CT molecular complexity index is 590. The molecule has 1 N–H and O–H groups in total. The van der Waals surface area contributed by atoms with Crippen LogP contribution in [0.15, 0.2) is 24.3 Å². The number of likely N-dealkylation sites (N-methyl/N-ethyl adjacent to an activating group) is 1. The molecule has 0 amide bonds. The molecule has 116 valence electrons. The van der Waals surface area contributed by atoms with Crippen molar-refractivity contribution in [2.24, 2.45) is 0 Å². The Kier molecular flexibility index (Phi) is 4.97. The Hall–Kier alpha value is -1.44. The van der Waals surface area contributed by atoms with Crippen molar-refractivity contribution in [3.63, 3.8) is 0 Å². The summed E-state index contributed by atoms with van der Waals surface area (Å²) >= 11 is 0. The largest absolute Gasteiger partial charge is 0.301 e. The molecule has 0 aromatic heterocycles. The predicted molar refractivity (Wildman–Crippen MR) is 82.7 cm³/mol. The zero-order valence-corrected chi connectivity index (χ0v) is 13.2. The summed E-state index contributed by atoms with van der Waals surface area (Å²) < 4.78 is 28.6. The van der Waals surface area contributed by atoms with E-state index in [9.17, 15) is 13.2 Å². The van der Waals surface area contributed by atoms with Crippen molar-refractivity contribution in [3.05, 3.63) is 29.8 Å². The van der Waals surface area contributed by atoms with Gasteiger partial charge >= 0.3 is 10.2 Å². The highest BCUT2D eigenvalue weighted by Crippen LogP contribution is 2.15. The van der Waals surface area contributed by atoms with Crippen LogP contribution in [0.1, 0.15) is 24.2 Å². The van der Waals surface area contributed by atoms with E-state index in [1.165, 1.54) is 11.2 Å². The van der Waals surface area contributed by atoms with E-state index in [0.29, 0.717) is 24.3 Å². The molecule has 1 aromatic rings. The zero-order chi connectivity index (χ0) is 15.5. The third-order valence-electron chi connectivity index (χ3n) is 3.66. The van der Waals surface area contributed by atoms with E-state index in [1.54, 1.807) is 24.3 Å². The molecule has 2 rings (SSSR count). The monoisotopic (exact) mass is 311 g/mol. The van der Waals surface area contributed by atoms with E-state index < -0.39 is 10.2 Å². The minimum atomic E-state index is -3.53. The second-order valence-electron chi connectivity index (χ2n) is 5.07. The fraction of sp³-hybridized carbons (Fsp3) is 0.500. The highest BCUT2D eigenvalue weighted by molar-refractivity contribution is 7.90. The Balaban J connectivity index is 2.02. The molecule has 1 aliphatic rings. The van der Waals surface area contributed by atoms with Crippen molar-refractivity contribution in [3.8, 4) is 0 Å². The molecule has 0 saturated carbocycles. The van der Waals surface area contributed by atoms with E-state index in [2.05, 4.69) is 16.5 Å². The summed E-state index contributed by atoms with van der Waals surface area (Å²) in [5.41, 5.74) is 1.03. The molecule has 1 aromatic carbocycles. The second kappa shape index (κ2) is 6.55. The van der Waals surface area contributed by atoms with Crippen LogP contribution in [0.3, 0.4) is 0 Å². The molecule has 0 radical (unpaired) electrons. The standard InChI is InChI=1S/C14H21N3O3S/c1-3-16-8-10-17(11-9-16)21(19,20)15-14-6-4-13(5-7-14)12(2)18/h4-7,15H,3,8-11H2,1-2H3. The van der Waals surface area contributed by atoms with Crippen molar-refractivity contribution < 1.29 is 13.2 Å². The maximum atomic E-state index is 12.3. The molecule has 1 heterocycles. The normalized spacial score (nSPS) is 17.6. The van der Waals surface area contributed by atoms with Gasteiger partial charge in [-0.3, -0.25) is 9.52 Å². The summed E-state index contributed by atoms with van der Waals surface area (Å²) in [6.07, 6.45) is 0. The summed E-state index contributed by atoms with van der Waals surface area (Å²) in [7, 11) is -3.53. The number of hydrogen-bond donors (Lipinski definition) is 1. The number of nitrogens with one attached hydrogen (secondary N) is 1. The van der Waals surface area contributed by atoms with Crippen LogP contribution < -0.4 is 4.72 Å². The molecular formula is C14H21N3O3S. The summed E-state index contributed by atoms with van der Waals surface area (Å²) in [6, 6.07) is 6.46. The number of anilines is 1. The minimum absolute atomic E-state index is 0.0416. The Morgan fingerprint density at radius 1 is 1.14 bits per heavy atom. The first kappa shape index (κ1) is 15.9. The number of hydrogen-bond acceptors (Lipinski definition) is 4. The van der Waals surface area contributed by atoms with Gasteiger partial charge in [-0.25, -0.2) is 0 Å². The van der Waals surface area contributed by atoms with Crippen molar-refractivity contribution >= 4 is 21.7 Å². The molecule has 0 bridgehead atoms. The van der Waals surface area contributed by atoms with Gasteiger partial charge in [0.05, 0.1) is 0 Å². The lowest BCUT2D eigenvalue weighted by Crippen LogP contribution is -2.50. The average Bonchev–Trinajstić information content (AvgIpc) is 2.47. The van der Waals surface area contributed by atoms with Crippen LogP contribution in [0.2, 0.25) is 0 Å². The van der Waals surface area contributed by atoms with Crippen molar-refractivity contribution in [1.82, 2.24) is 9.21 Å². The van der Waals surface area contributed by atoms with Gasteiger partial charge in [0, 0.05) is 37.4 Å². The third kappa shape index (κ3) is 4.03. The maximum Gasteiger partial charge on any atom is 0.301 e. The topological polar surface area (TPSA) is 69.7 Å². The zero-order valence-electron chi connectivity index (χ0n) is 12.4. The fourth-order valence-corrected chi connectivity index (χ4v) is 3.48. The van der Waals surface area contributed by atoms with Crippen molar-refractivity contribution in [2.75, 3.05) is 37.4 Å². The van der Waals surface area contributed by atoms with Crippen LogP contribution in [0.25, 0.3) is 0 Å². The smallest absolute Gasteiger partial charge is 0.301 e. The third-order valence-corrected chi connectivity index (χ3v) is 5.20. The number of carbonyl (C=O) groups excluding carboxylic acids is 1. The van der Waals surface area contributed by atoms with Gasteiger partial charge in [0.15, 0.2) is 5.78 Å². The Labute approximate surface area is 125 Å². The maximum absolute atomic E-state index is 12.3. The van der Waals surface area contributed by atoms with E-state index in [1.807, 2.05) is 0 Å². The first-order valence-corrected chi connectivity index (χ1v) is 8.47. The SMILES string of the molecule is CCN1CCN(S(=O)(=O)Nc2ccc(C(C)=O)cc2)CC1. The quantitative estimate of drug-likeness (QED) is 0.829. The van der Waals surface area contributed by atoms with Crippen molar-refractivity contribution in [1.29, 1.82) is 0 Å². The average molecular weight is 311 g/mol. The summed E-state index contributed by atoms with van der Waals surface area (Å²) in [4.78, 5) is 13.4. The van der Waals surface area contributed by atoms with Gasteiger partial charge in [0.25, 0.3) is 0 Å².